The minimum absolute atomic E-state index is 0.0281. The summed E-state index contributed by atoms with van der Waals surface area (Å²) >= 11 is 0. The van der Waals surface area contributed by atoms with E-state index in [1.807, 2.05) is 35.2 Å². The highest BCUT2D eigenvalue weighted by Gasteiger charge is 2.59. The molecule has 1 atom stereocenters. The van der Waals surface area contributed by atoms with Crippen molar-refractivity contribution in [2.24, 2.45) is 11.3 Å². The maximum Gasteiger partial charge on any atom is 0.409 e. The second-order valence-electron chi connectivity index (χ2n) is 9.53. The first-order chi connectivity index (χ1) is 16.0. The van der Waals surface area contributed by atoms with Crippen molar-refractivity contribution < 1.29 is 23.5 Å². The number of para-hydroxylation sites is 1. The SMILES string of the molecule is CCOC(=O)N1CCC(NC(=O)C2CC23CCN(C(=O)c2cc4ccccc4o2)CC3)CC1. The number of nitrogens with one attached hydrogen (secondary N) is 1. The molecule has 2 saturated heterocycles. The maximum absolute atomic E-state index is 12.9. The van der Waals surface area contributed by atoms with Crippen LogP contribution in [0.3, 0.4) is 0 Å². The molecule has 3 amide bonds. The van der Waals surface area contributed by atoms with E-state index < -0.39 is 0 Å². The lowest BCUT2D eigenvalue weighted by molar-refractivity contribution is -0.124. The van der Waals surface area contributed by atoms with Gasteiger partial charge in [-0.15, -0.1) is 0 Å². The second-order valence-corrected chi connectivity index (χ2v) is 9.53. The number of carbonyl (C=O) groups is 3. The molecule has 33 heavy (non-hydrogen) atoms. The van der Waals surface area contributed by atoms with Gasteiger partial charge in [-0.05, 0) is 56.6 Å². The van der Waals surface area contributed by atoms with Crippen LogP contribution in [0.2, 0.25) is 0 Å². The van der Waals surface area contributed by atoms with Crippen molar-refractivity contribution in [3.05, 3.63) is 36.1 Å². The molecule has 3 aliphatic rings. The summed E-state index contributed by atoms with van der Waals surface area (Å²) in [4.78, 5) is 41.2. The van der Waals surface area contributed by atoms with Gasteiger partial charge < -0.3 is 24.3 Å². The zero-order valence-corrected chi connectivity index (χ0v) is 19.0. The van der Waals surface area contributed by atoms with E-state index in [0.29, 0.717) is 38.5 Å². The Morgan fingerprint density at radius 2 is 1.82 bits per heavy atom. The van der Waals surface area contributed by atoms with Crippen molar-refractivity contribution in [2.75, 3.05) is 32.8 Å². The second kappa shape index (κ2) is 8.72. The van der Waals surface area contributed by atoms with Crippen LogP contribution in [0.25, 0.3) is 11.0 Å². The third-order valence-corrected chi connectivity index (χ3v) is 7.56. The van der Waals surface area contributed by atoms with Crippen molar-refractivity contribution in [3.63, 3.8) is 0 Å². The largest absolute Gasteiger partial charge is 0.451 e. The molecule has 2 aromatic rings. The van der Waals surface area contributed by atoms with Crippen LogP contribution in [0.1, 0.15) is 49.6 Å². The summed E-state index contributed by atoms with van der Waals surface area (Å²) < 4.78 is 10.8. The third kappa shape index (κ3) is 4.30. The number of carbonyl (C=O) groups excluding carboxylic acids is 3. The van der Waals surface area contributed by atoms with Crippen LogP contribution in [-0.2, 0) is 9.53 Å². The Morgan fingerprint density at radius 3 is 2.52 bits per heavy atom. The summed E-state index contributed by atoms with van der Waals surface area (Å²) in [6.07, 6.45) is 3.82. The van der Waals surface area contributed by atoms with E-state index in [1.165, 1.54) is 0 Å². The minimum Gasteiger partial charge on any atom is -0.451 e. The van der Waals surface area contributed by atoms with Crippen molar-refractivity contribution >= 4 is 28.9 Å². The number of fused-ring (bicyclic) bond motifs is 1. The Balaban J connectivity index is 1.10. The molecular weight excluding hydrogens is 422 g/mol. The fourth-order valence-electron chi connectivity index (χ4n) is 5.39. The number of nitrogens with zero attached hydrogens (tertiary/aromatic N) is 2. The van der Waals surface area contributed by atoms with Gasteiger partial charge >= 0.3 is 6.09 Å². The topological polar surface area (TPSA) is 92.1 Å². The summed E-state index contributed by atoms with van der Waals surface area (Å²) in [6, 6.07) is 9.55. The summed E-state index contributed by atoms with van der Waals surface area (Å²) in [5.41, 5.74) is 0.752. The van der Waals surface area contributed by atoms with Gasteiger partial charge in [0.2, 0.25) is 5.91 Å². The number of hydrogen-bond donors (Lipinski definition) is 1. The van der Waals surface area contributed by atoms with Gasteiger partial charge in [0, 0.05) is 43.5 Å². The summed E-state index contributed by atoms with van der Waals surface area (Å²) in [7, 11) is 0. The molecule has 2 aliphatic heterocycles. The Bertz CT molecular complexity index is 1010. The molecule has 1 spiro atoms. The minimum atomic E-state index is -0.271. The van der Waals surface area contributed by atoms with Gasteiger partial charge in [-0.3, -0.25) is 9.59 Å². The monoisotopic (exact) mass is 453 g/mol. The first kappa shape index (κ1) is 21.8. The van der Waals surface area contributed by atoms with Crippen molar-refractivity contribution in [1.29, 1.82) is 0 Å². The van der Waals surface area contributed by atoms with Gasteiger partial charge in [0.25, 0.3) is 5.91 Å². The number of furan rings is 1. The molecule has 1 aromatic heterocycles. The number of rotatable bonds is 4. The molecule has 1 aromatic carbocycles. The molecule has 176 valence electrons. The van der Waals surface area contributed by atoms with E-state index >= 15 is 0 Å². The average Bonchev–Trinajstić information content (AvgIpc) is 3.35. The van der Waals surface area contributed by atoms with Gasteiger partial charge in [0.05, 0.1) is 6.61 Å². The van der Waals surface area contributed by atoms with Crippen LogP contribution in [0.15, 0.2) is 34.7 Å². The zero-order valence-electron chi connectivity index (χ0n) is 19.0. The van der Waals surface area contributed by atoms with Crippen LogP contribution in [0.5, 0.6) is 0 Å². The quantitative estimate of drug-likeness (QED) is 0.766. The smallest absolute Gasteiger partial charge is 0.409 e. The maximum atomic E-state index is 12.9. The molecule has 3 heterocycles. The Morgan fingerprint density at radius 1 is 1.09 bits per heavy atom. The van der Waals surface area contributed by atoms with Crippen molar-refractivity contribution in [1.82, 2.24) is 15.1 Å². The molecule has 1 unspecified atom stereocenters. The summed E-state index contributed by atoms with van der Waals surface area (Å²) in [6.45, 7) is 4.70. The number of ether oxygens (including phenoxy) is 1. The van der Waals surface area contributed by atoms with E-state index in [0.717, 1.165) is 43.1 Å². The van der Waals surface area contributed by atoms with Crippen LogP contribution >= 0.6 is 0 Å². The first-order valence-electron chi connectivity index (χ1n) is 12.0. The van der Waals surface area contributed by atoms with Crippen LogP contribution in [0, 0.1) is 11.3 Å². The fourth-order valence-corrected chi connectivity index (χ4v) is 5.39. The Labute approximate surface area is 193 Å². The fraction of sp³-hybridized carbons (Fsp3) is 0.560. The van der Waals surface area contributed by atoms with E-state index in [4.69, 9.17) is 9.15 Å². The molecular formula is C25H31N3O5. The number of likely N-dealkylation sites (tertiary alicyclic amines) is 2. The van der Waals surface area contributed by atoms with Crippen LogP contribution < -0.4 is 5.32 Å². The van der Waals surface area contributed by atoms with Gasteiger partial charge in [0.1, 0.15) is 5.58 Å². The lowest BCUT2D eigenvalue weighted by Crippen LogP contribution is -2.47. The van der Waals surface area contributed by atoms with Crippen molar-refractivity contribution in [3.8, 4) is 0 Å². The lowest BCUT2D eigenvalue weighted by atomic mass is 9.90. The van der Waals surface area contributed by atoms with Gasteiger partial charge in [-0.2, -0.15) is 0 Å². The molecule has 8 nitrogen and oxygen atoms in total. The average molecular weight is 454 g/mol. The van der Waals surface area contributed by atoms with Crippen LogP contribution in [-0.4, -0.2) is 66.5 Å². The van der Waals surface area contributed by atoms with Crippen molar-refractivity contribution in [2.45, 2.75) is 45.1 Å². The van der Waals surface area contributed by atoms with Gasteiger partial charge in [-0.25, -0.2) is 4.79 Å². The third-order valence-electron chi connectivity index (χ3n) is 7.56. The van der Waals surface area contributed by atoms with Gasteiger partial charge in [-0.1, -0.05) is 18.2 Å². The molecule has 8 heteroatoms. The molecule has 0 bridgehead atoms. The zero-order chi connectivity index (χ0) is 23.0. The first-order valence-corrected chi connectivity index (χ1v) is 12.0. The van der Waals surface area contributed by atoms with E-state index in [-0.39, 0.29) is 35.3 Å². The summed E-state index contributed by atoms with van der Waals surface area (Å²) in [5, 5.41) is 4.14. The molecule has 1 N–H and O–H groups in total. The molecule has 1 aliphatic carbocycles. The standard InChI is InChI=1S/C25H31N3O5/c1-2-32-24(31)28-11-7-18(8-12-28)26-22(29)19-16-25(19)9-13-27(14-10-25)23(30)21-15-17-5-3-4-6-20(17)33-21/h3-6,15,18-19H,2,7-14,16H2,1H3,(H,26,29). The summed E-state index contributed by atoms with van der Waals surface area (Å²) in [5.74, 6) is 0.466. The highest BCUT2D eigenvalue weighted by atomic mass is 16.6. The van der Waals surface area contributed by atoms with E-state index in [1.54, 1.807) is 11.8 Å². The highest BCUT2D eigenvalue weighted by Crippen LogP contribution is 2.59. The molecule has 0 radical (unpaired) electrons. The number of amides is 3. The normalized spacial score (nSPS) is 22.4. The van der Waals surface area contributed by atoms with Gasteiger partial charge in [0.15, 0.2) is 5.76 Å². The van der Waals surface area contributed by atoms with Crippen LogP contribution in [0.4, 0.5) is 4.79 Å². The van der Waals surface area contributed by atoms with E-state index in [9.17, 15) is 14.4 Å². The molecule has 5 rings (SSSR count). The predicted octanol–water partition coefficient (Wildman–Crippen LogP) is 3.41. The highest BCUT2D eigenvalue weighted by molar-refractivity contribution is 5.96. The Kier molecular flexibility index (Phi) is 5.76. The number of hydrogen-bond acceptors (Lipinski definition) is 5. The molecule has 3 fully saturated rings. The van der Waals surface area contributed by atoms with E-state index in [2.05, 4.69) is 5.32 Å². The number of benzene rings is 1. The number of piperidine rings is 2. The predicted molar refractivity (Wildman–Crippen MR) is 122 cm³/mol. The molecule has 1 saturated carbocycles. The Hall–Kier alpha value is -3.03. The lowest BCUT2D eigenvalue weighted by Gasteiger charge is -2.33.